The normalized spacial score (nSPS) is 24.6. The molecule has 1 fully saturated rings. The zero-order valence-corrected chi connectivity index (χ0v) is 13.5. The lowest BCUT2D eigenvalue weighted by Crippen LogP contribution is -2.40. The highest BCUT2D eigenvalue weighted by molar-refractivity contribution is 9.09. The Morgan fingerprint density at radius 3 is 2.90 bits per heavy atom. The Labute approximate surface area is 132 Å². The second-order valence-corrected chi connectivity index (χ2v) is 6.97. The molecule has 21 heavy (non-hydrogen) atoms. The summed E-state index contributed by atoms with van der Waals surface area (Å²) in [5, 5.41) is 2.29. The molecule has 2 aliphatic heterocycles. The third kappa shape index (κ3) is 2.24. The van der Waals surface area contributed by atoms with Crippen molar-refractivity contribution in [2.24, 2.45) is 5.92 Å². The maximum Gasteiger partial charge on any atom is 0.231 e. The van der Waals surface area contributed by atoms with Crippen molar-refractivity contribution in [3.05, 3.63) is 24.4 Å². The van der Waals surface area contributed by atoms with Gasteiger partial charge in [-0.1, -0.05) is 22.9 Å². The van der Waals surface area contributed by atoms with Gasteiger partial charge in [0.2, 0.25) is 6.79 Å². The largest absolute Gasteiger partial charge is 0.454 e. The molecule has 4 nitrogen and oxygen atoms in total. The average molecular weight is 349 g/mol. The molecule has 2 unspecified atom stereocenters. The fourth-order valence-corrected chi connectivity index (χ4v) is 3.48. The predicted octanol–water partition coefficient (Wildman–Crippen LogP) is 3.57. The number of piperidine rings is 1. The monoisotopic (exact) mass is 348 g/mol. The number of rotatable bonds is 1. The smallest absolute Gasteiger partial charge is 0.231 e. The number of hydrogen-bond donors (Lipinski definition) is 0. The number of pyridine rings is 1. The van der Waals surface area contributed by atoms with Crippen molar-refractivity contribution < 1.29 is 9.47 Å². The van der Waals surface area contributed by atoms with Crippen LogP contribution < -0.4 is 14.4 Å². The highest BCUT2D eigenvalue weighted by atomic mass is 79.9. The number of anilines is 1. The van der Waals surface area contributed by atoms with Gasteiger partial charge in [0.25, 0.3) is 0 Å². The van der Waals surface area contributed by atoms with Crippen LogP contribution in [0.5, 0.6) is 11.5 Å². The minimum Gasteiger partial charge on any atom is -0.454 e. The van der Waals surface area contributed by atoms with Crippen LogP contribution in [0.4, 0.5) is 5.82 Å². The highest BCUT2D eigenvalue weighted by Gasteiger charge is 2.26. The Kier molecular flexibility index (Phi) is 3.17. The van der Waals surface area contributed by atoms with Gasteiger partial charge in [0.05, 0.1) is 0 Å². The van der Waals surface area contributed by atoms with Gasteiger partial charge >= 0.3 is 0 Å². The van der Waals surface area contributed by atoms with E-state index in [0.717, 1.165) is 47.6 Å². The van der Waals surface area contributed by atoms with Gasteiger partial charge in [0.1, 0.15) is 5.82 Å². The number of aromatic nitrogens is 1. The second kappa shape index (κ2) is 5.05. The molecule has 0 spiro atoms. The summed E-state index contributed by atoms with van der Waals surface area (Å²) >= 11 is 3.76. The van der Waals surface area contributed by atoms with Gasteiger partial charge in [-0.15, -0.1) is 0 Å². The molecule has 2 aliphatic rings. The van der Waals surface area contributed by atoms with Crippen LogP contribution in [-0.2, 0) is 0 Å². The van der Waals surface area contributed by atoms with Crippen molar-refractivity contribution in [1.82, 2.24) is 4.98 Å². The molecule has 0 radical (unpaired) electrons. The summed E-state index contributed by atoms with van der Waals surface area (Å²) in [6.45, 7) is 4.64. The topological polar surface area (TPSA) is 34.6 Å². The van der Waals surface area contributed by atoms with Crippen LogP contribution in [0.15, 0.2) is 24.4 Å². The lowest BCUT2D eigenvalue weighted by molar-refractivity contribution is 0.174. The molecule has 0 saturated carbocycles. The van der Waals surface area contributed by atoms with Crippen molar-refractivity contribution in [2.45, 2.75) is 18.2 Å². The van der Waals surface area contributed by atoms with Gasteiger partial charge in [-0.3, -0.25) is 0 Å². The summed E-state index contributed by atoms with van der Waals surface area (Å²) in [6, 6.07) is 6.13. The molecule has 0 amide bonds. The van der Waals surface area contributed by atoms with Crippen LogP contribution in [0.25, 0.3) is 10.8 Å². The summed E-state index contributed by atoms with van der Waals surface area (Å²) in [6.07, 6.45) is 3.02. The van der Waals surface area contributed by atoms with Crippen LogP contribution in [0.3, 0.4) is 0 Å². The fraction of sp³-hybridized carbons (Fsp3) is 0.438. The van der Waals surface area contributed by atoms with Gasteiger partial charge in [0.15, 0.2) is 11.5 Å². The number of fused-ring (bicyclic) bond motifs is 2. The minimum absolute atomic E-state index is 0.306. The summed E-state index contributed by atoms with van der Waals surface area (Å²) in [4.78, 5) is 7.61. The fourth-order valence-electron chi connectivity index (χ4n) is 3.11. The van der Waals surface area contributed by atoms with E-state index in [-0.39, 0.29) is 0 Å². The predicted molar refractivity (Wildman–Crippen MR) is 86.6 cm³/mol. The summed E-state index contributed by atoms with van der Waals surface area (Å²) in [7, 11) is 0. The van der Waals surface area contributed by atoms with E-state index in [0.29, 0.717) is 17.5 Å². The van der Waals surface area contributed by atoms with Crippen molar-refractivity contribution in [2.75, 3.05) is 24.8 Å². The molecule has 0 bridgehead atoms. The van der Waals surface area contributed by atoms with Gasteiger partial charge in [0, 0.05) is 29.5 Å². The third-order valence-corrected chi connectivity index (χ3v) is 5.70. The first-order valence-electron chi connectivity index (χ1n) is 7.30. The Morgan fingerprint density at radius 1 is 1.29 bits per heavy atom. The highest BCUT2D eigenvalue weighted by Crippen LogP contribution is 2.39. The first-order valence-corrected chi connectivity index (χ1v) is 8.21. The number of alkyl halides is 1. The molecule has 1 aromatic carbocycles. The quantitative estimate of drug-likeness (QED) is 0.738. The second-order valence-electron chi connectivity index (χ2n) is 5.79. The molecule has 110 valence electrons. The average Bonchev–Trinajstić information content (AvgIpc) is 2.94. The lowest BCUT2D eigenvalue weighted by atomic mass is 9.99. The van der Waals surface area contributed by atoms with E-state index in [1.54, 1.807) is 0 Å². The number of ether oxygens (including phenoxy) is 2. The Hall–Kier alpha value is -1.49. The Morgan fingerprint density at radius 2 is 2.10 bits per heavy atom. The van der Waals surface area contributed by atoms with Gasteiger partial charge in [-0.05, 0) is 35.9 Å². The van der Waals surface area contributed by atoms with Crippen molar-refractivity contribution in [1.29, 1.82) is 0 Å². The lowest BCUT2D eigenvalue weighted by Gasteiger charge is -2.35. The molecule has 1 saturated heterocycles. The zero-order valence-electron chi connectivity index (χ0n) is 11.9. The van der Waals surface area contributed by atoms with E-state index >= 15 is 0 Å². The van der Waals surface area contributed by atoms with E-state index in [4.69, 9.17) is 9.47 Å². The number of benzene rings is 1. The van der Waals surface area contributed by atoms with E-state index in [2.05, 4.69) is 38.8 Å². The minimum atomic E-state index is 0.306. The summed E-state index contributed by atoms with van der Waals surface area (Å²) in [5.74, 6) is 3.31. The molecule has 0 N–H and O–H groups in total. The van der Waals surface area contributed by atoms with Gasteiger partial charge < -0.3 is 14.4 Å². The molecule has 3 heterocycles. The molecule has 2 atom stereocenters. The van der Waals surface area contributed by atoms with E-state index in [9.17, 15) is 0 Å². The molecular weight excluding hydrogens is 332 g/mol. The molecule has 5 heteroatoms. The molecule has 0 aliphatic carbocycles. The van der Waals surface area contributed by atoms with Crippen molar-refractivity contribution >= 4 is 32.5 Å². The molecular formula is C16H17BrN2O2. The van der Waals surface area contributed by atoms with Crippen LogP contribution in [0.1, 0.15) is 13.3 Å². The van der Waals surface area contributed by atoms with Crippen LogP contribution in [0, 0.1) is 5.92 Å². The maximum atomic E-state index is 5.51. The molecule has 1 aromatic heterocycles. The number of nitrogens with zero attached hydrogens (tertiary/aromatic N) is 2. The van der Waals surface area contributed by atoms with Crippen LogP contribution in [0.2, 0.25) is 0 Å². The molecule has 4 rings (SSSR count). The Balaban J connectivity index is 1.78. The SMILES string of the molecule is CC1CN(c2nccc3cc4c(cc23)OCO4)CCC1Br. The third-order valence-electron chi connectivity index (χ3n) is 4.34. The van der Waals surface area contributed by atoms with Gasteiger partial charge in [-0.2, -0.15) is 0 Å². The maximum absolute atomic E-state index is 5.51. The van der Waals surface area contributed by atoms with E-state index in [1.807, 2.05) is 18.3 Å². The number of halogens is 1. The van der Waals surface area contributed by atoms with E-state index < -0.39 is 0 Å². The summed E-state index contributed by atoms with van der Waals surface area (Å²) in [5.41, 5.74) is 0. The van der Waals surface area contributed by atoms with Crippen LogP contribution in [-0.4, -0.2) is 29.7 Å². The zero-order chi connectivity index (χ0) is 14.4. The molecule has 2 aromatic rings. The number of hydrogen-bond acceptors (Lipinski definition) is 4. The first kappa shape index (κ1) is 13.2. The van der Waals surface area contributed by atoms with Crippen molar-refractivity contribution in [3.63, 3.8) is 0 Å². The first-order chi connectivity index (χ1) is 10.2. The van der Waals surface area contributed by atoms with Crippen molar-refractivity contribution in [3.8, 4) is 11.5 Å². The summed E-state index contributed by atoms with van der Waals surface area (Å²) < 4.78 is 11.0. The van der Waals surface area contributed by atoms with E-state index in [1.165, 1.54) is 0 Å². The standard InChI is InChI=1S/C16H17BrN2O2/c1-10-8-19(5-3-13(10)17)16-12-7-15-14(20-9-21-15)6-11(12)2-4-18-16/h2,4,6-7,10,13H,3,5,8-9H2,1H3. The Bertz CT molecular complexity index is 691. The van der Waals surface area contributed by atoms with Crippen LogP contribution >= 0.6 is 15.9 Å². The van der Waals surface area contributed by atoms with Gasteiger partial charge in [-0.25, -0.2) is 4.98 Å².